The SMILES string of the molecule is C#CC(N)Cc1ccc(C)c(C)c1. The van der Waals surface area contributed by atoms with Gasteiger partial charge in [0.1, 0.15) is 0 Å². The van der Waals surface area contributed by atoms with Gasteiger partial charge in [-0.2, -0.15) is 0 Å². The van der Waals surface area contributed by atoms with E-state index in [0.717, 1.165) is 6.42 Å². The van der Waals surface area contributed by atoms with E-state index in [4.69, 9.17) is 12.2 Å². The van der Waals surface area contributed by atoms with Crippen LogP contribution in [0.4, 0.5) is 0 Å². The number of hydrogen-bond acceptors (Lipinski definition) is 1. The molecule has 0 saturated carbocycles. The van der Waals surface area contributed by atoms with Crippen LogP contribution in [0.1, 0.15) is 16.7 Å². The van der Waals surface area contributed by atoms with E-state index in [9.17, 15) is 0 Å². The second kappa shape index (κ2) is 4.11. The van der Waals surface area contributed by atoms with E-state index in [1.807, 2.05) is 0 Å². The fourth-order valence-corrected chi connectivity index (χ4v) is 1.24. The molecule has 1 aromatic carbocycles. The highest BCUT2D eigenvalue weighted by molar-refractivity contribution is 5.31. The van der Waals surface area contributed by atoms with E-state index in [1.54, 1.807) is 0 Å². The molecule has 1 nitrogen and oxygen atoms in total. The van der Waals surface area contributed by atoms with Gasteiger partial charge in [-0.3, -0.25) is 0 Å². The quantitative estimate of drug-likeness (QED) is 0.678. The van der Waals surface area contributed by atoms with Crippen LogP contribution >= 0.6 is 0 Å². The summed E-state index contributed by atoms with van der Waals surface area (Å²) in [6, 6.07) is 6.17. The van der Waals surface area contributed by atoms with Crippen molar-refractivity contribution in [2.45, 2.75) is 26.3 Å². The van der Waals surface area contributed by atoms with Crippen molar-refractivity contribution < 1.29 is 0 Å². The van der Waals surface area contributed by atoms with Gasteiger partial charge in [0, 0.05) is 0 Å². The predicted molar refractivity (Wildman–Crippen MR) is 56.4 cm³/mol. The van der Waals surface area contributed by atoms with Crippen molar-refractivity contribution in [2.24, 2.45) is 5.73 Å². The van der Waals surface area contributed by atoms with Crippen LogP contribution in [0, 0.1) is 26.2 Å². The molecule has 0 bridgehead atoms. The molecule has 0 amide bonds. The van der Waals surface area contributed by atoms with Crippen LogP contribution in [0.15, 0.2) is 18.2 Å². The molecule has 0 aliphatic rings. The lowest BCUT2D eigenvalue weighted by molar-refractivity contribution is 0.834. The van der Waals surface area contributed by atoms with Crippen LogP contribution in [-0.2, 0) is 6.42 Å². The Bertz CT molecular complexity index is 333. The molecule has 0 heterocycles. The number of rotatable bonds is 2. The van der Waals surface area contributed by atoms with Crippen molar-refractivity contribution in [1.82, 2.24) is 0 Å². The second-order valence-corrected chi connectivity index (χ2v) is 3.40. The molecule has 13 heavy (non-hydrogen) atoms. The number of hydrogen-bond donors (Lipinski definition) is 1. The van der Waals surface area contributed by atoms with E-state index in [0.29, 0.717) is 0 Å². The zero-order valence-electron chi connectivity index (χ0n) is 8.17. The molecule has 0 fully saturated rings. The number of benzene rings is 1. The first-order valence-corrected chi connectivity index (χ1v) is 4.41. The minimum atomic E-state index is -0.165. The lowest BCUT2D eigenvalue weighted by atomic mass is 10.0. The molecule has 0 radical (unpaired) electrons. The largest absolute Gasteiger partial charge is 0.317 e. The van der Waals surface area contributed by atoms with Crippen molar-refractivity contribution in [3.63, 3.8) is 0 Å². The zero-order valence-corrected chi connectivity index (χ0v) is 8.17. The Kier molecular flexibility index (Phi) is 3.11. The molecular weight excluding hydrogens is 158 g/mol. The minimum Gasteiger partial charge on any atom is -0.317 e. The van der Waals surface area contributed by atoms with Crippen molar-refractivity contribution in [3.05, 3.63) is 34.9 Å². The third kappa shape index (κ3) is 2.61. The average Bonchev–Trinajstić information content (AvgIpc) is 2.11. The zero-order chi connectivity index (χ0) is 9.84. The molecule has 1 unspecified atom stereocenters. The molecule has 1 rings (SSSR count). The Morgan fingerprint density at radius 3 is 2.62 bits per heavy atom. The molecule has 0 saturated heterocycles. The molecule has 2 N–H and O–H groups in total. The molecule has 0 aliphatic heterocycles. The highest BCUT2D eigenvalue weighted by atomic mass is 14.6. The van der Waals surface area contributed by atoms with Crippen LogP contribution in [0.3, 0.4) is 0 Å². The van der Waals surface area contributed by atoms with Crippen LogP contribution in [0.5, 0.6) is 0 Å². The summed E-state index contributed by atoms with van der Waals surface area (Å²) in [6.45, 7) is 4.19. The van der Waals surface area contributed by atoms with Gasteiger partial charge in [-0.1, -0.05) is 24.1 Å². The predicted octanol–water partition coefficient (Wildman–Crippen LogP) is 1.81. The Labute approximate surface area is 80.0 Å². The average molecular weight is 173 g/mol. The third-order valence-corrected chi connectivity index (χ3v) is 2.24. The first-order valence-electron chi connectivity index (χ1n) is 4.41. The summed E-state index contributed by atoms with van der Waals surface area (Å²) in [5.41, 5.74) is 9.47. The van der Waals surface area contributed by atoms with Gasteiger partial charge in [-0.25, -0.2) is 0 Å². The van der Waals surface area contributed by atoms with Crippen LogP contribution in [0.25, 0.3) is 0 Å². The lowest BCUT2D eigenvalue weighted by Crippen LogP contribution is -2.20. The molecule has 68 valence electrons. The maximum absolute atomic E-state index is 5.66. The normalized spacial score (nSPS) is 12.2. The molecule has 0 spiro atoms. The summed E-state index contributed by atoms with van der Waals surface area (Å²) in [5.74, 6) is 2.53. The van der Waals surface area contributed by atoms with Crippen molar-refractivity contribution in [3.8, 4) is 12.3 Å². The number of terminal acetylenes is 1. The first kappa shape index (κ1) is 9.83. The van der Waals surface area contributed by atoms with Gasteiger partial charge in [-0.15, -0.1) is 6.42 Å². The van der Waals surface area contributed by atoms with Crippen LogP contribution in [-0.4, -0.2) is 6.04 Å². The van der Waals surface area contributed by atoms with Crippen LogP contribution in [0.2, 0.25) is 0 Å². The van der Waals surface area contributed by atoms with E-state index < -0.39 is 0 Å². The van der Waals surface area contributed by atoms with Gasteiger partial charge in [0.25, 0.3) is 0 Å². The summed E-state index contributed by atoms with van der Waals surface area (Å²) in [7, 11) is 0. The Balaban J connectivity index is 2.81. The molecule has 1 aromatic rings. The van der Waals surface area contributed by atoms with Gasteiger partial charge in [0.15, 0.2) is 0 Å². The number of aryl methyl sites for hydroxylation is 2. The molecule has 1 heteroatoms. The Hall–Kier alpha value is -1.26. The summed E-state index contributed by atoms with van der Waals surface area (Å²) in [6.07, 6.45) is 5.97. The van der Waals surface area contributed by atoms with Gasteiger partial charge >= 0.3 is 0 Å². The molecule has 0 aliphatic carbocycles. The fourth-order valence-electron chi connectivity index (χ4n) is 1.24. The van der Waals surface area contributed by atoms with Gasteiger partial charge < -0.3 is 5.73 Å². The summed E-state index contributed by atoms with van der Waals surface area (Å²) < 4.78 is 0. The minimum absolute atomic E-state index is 0.165. The summed E-state index contributed by atoms with van der Waals surface area (Å²) in [5, 5.41) is 0. The monoisotopic (exact) mass is 173 g/mol. The molecule has 0 aromatic heterocycles. The number of nitrogens with two attached hydrogens (primary N) is 1. The maximum atomic E-state index is 5.66. The van der Waals surface area contributed by atoms with Crippen molar-refractivity contribution in [1.29, 1.82) is 0 Å². The van der Waals surface area contributed by atoms with E-state index in [-0.39, 0.29) is 6.04 Å². The molecule has 1 atom stereocenters. The van der Waals surface area contributed by atoms with Crippen molar-refractivity contribution >= 4 is 0 Å². The topological polar surface area (TPSA) is 26.0 Å². The lowest BCUT2D eigenvalue weighted by Gasteiger charge is -2.06. The Morgan fingerprint density at radius 1 is 1.38 bits per heavy atom. The van der Waals surface area contributed by atoms with E-state index in [2.05, 4.69) is 38.0 Å². The van der Waals surface area contributed by atoms with Gasteiger partial charge in [-0.05, 0) is 37.0 Å². The highest BCUT2D eigenvalue weighted by Crippen LogP contribution is 2.10. The third-order valence-electron chi connectivity index (χ3n) is 2.24. The molecular formula is C12H15N. The van der Waals surface area contributed by atoms with E-state index >= 15 is 0 Å². The highest BCUT2D eigenvalue weighted by Gasteiger charge is 2.00. The first-order chi connectivity index (χ1) is 6.13. The fraction of sp³-hybridized carbons (Fsp3) is 0.333. The van der Waals surface area contributed by atoms with Crippen LogP contribution < -0.4 is 5.73 Å². The van der Waals surface area contributed by atoms with Gasteiger partial charge in [0.05, 0.1) is 6.04 Å². The van der Waals surface area contributed by atoms with E-state index in [1.165, 1.54) is 16.7 Å². The standard InChI is InChI=1S/C12H15N/c1-4-12(13)8-11-6-5-9(2)10(3)7-11/h1,5-7,12H,8,13H2,2-3H3. The smallest absolute Gasteiger partial charge is 0.0702 e. The maximum Gasteiger partial charge on any atom is 0.0702 e. The summed E-state index contributed by atoms with van der Waals surface area (Å²) >= 11 is 0. The Morgan fingerprint density at radius 2 is 2.08 bits per heavy atom. The summed E-state index contributed by atoms with van der Waals surface area (Å²) in [4.78, 5) is 0. The van der Waals surface area contributed by atoms with Gasteiger partial charge in [0.2, 0.25) is 0 Å². The van der Waals surface area contributed by atoms with Crippen molar-refractivity contribution in [2.75, 3.05) is 0 Å². The second-order valence-electron chi connectivity index (χ2n) is 3.40.